The molecule has 94 valence electrons. The molecule has 0 unspecified atom stereocenters. The number of benzene rings is 1. The number of rotatable bonds is 3. The molecule has 1 aromatic carbocycles. The first kappa shape index (κ1) is 12.1. The molecule has 6 nitrogen and oxygen atoms in total. The largest absolute Gasteiger partial charge is 0.341 e. The number of para-hydroxylation sites is 1. The van der Waals surface area contributed by atoms with Gasteiger partial charge in [-0.15, -0.1) is 5.10 Å². The van der Waals surface area contributed by atoms with Crippen LogP contribution < -0.4 is 11.0 Å². The van der Waals surface area contributed by atoms with E-state index in [1.807, 2.05) is 32.0 Å². The number of carbonyl (C=O) groups excluding carboxylic acids is 1. The number of nitrogens with one attached hydrogen (secondary N) is 3. The number of anilines is 1. The van der Waals surface area contributed by atoms with Gasteiger partial charge in [-0.1, -0.05) is 25.1 Å². The summed E-state index contributed by atoms with van der Waals surface area (Å²) < 4.78 is 0. The second-order valence-electron chi connectivity index (χ2n) is 3.94. The standard InChI is InChI=1S/C12H14N4O2/c1-3-8-6-4-5-7(2)9(8)13-11(17)10-14-12(18)16-15-10/h4-6H,3H2,1-2H3,(H,13,17)(H2,14,15,16,18). The van der Waals surface area contributed by atoms with E-state index < -0.39 is 11.6 Å². The van der Waals surface area contributed by atoms with Crippen molar-refractivity contribution in [1.82, 2.24) is 15.2 Å². The van der Waals surface area contributed by atoms with Crippen LogP contribution in [-0.2, 0) is 6.42 Å². The van der Waals surface area contributed by atoms with Crippen LogP contribution in [0.25, 0.3) is 0 Å². The van der Waals surface area contributed by atoms with Crippen molar-refractivity contribution in [1.29, 1.82) is 0 Å². The van der Waals surface area contributed by atoms with Gasteiger partial charge in [-0.2, -0.15) is 0 Å². The van der Waals surface area contributed by atoms with Gasteiger partial charge >= 0.3 is 5.69 Å². The van der Waals surface area contributed by atoms with Crippen molar-refractivity contribution in [3.63, 3.8) is 0 Å². The zero-order chi connectivity index (χ0) is 13.1. The fourth-order valence-corrected chi connectivity index (χ4v) is 1.75. The Kier molecular flexibility index (Phi) is 3.27. The van der Waals surface area contributed by atoms with Gasteiger partial charge in [0.05, 0.1) is 0 Å². The average molecular weight is 246 g/mol. The third kappa shape index (κ3) is 2.32. The van der Waals surface area contributed by atoms with Crippen LogP contribution in [0.1, 0.15) is 28.7 Å². The van der Waals surface area contributed by atoms with E-state index in [-0.39, 0.29) is 5.82 Å². The van der Waals surface area contributed by atoms with E-state index in [1.54, 1.807) is 0 Å². The summed E-state index contributed by atoms with van der Waals surface area (Å²) in [5.74, 6) is -0.456. The Balaban J connectivity index is 2.29. The third-order valence-electron chi connectivity index (χ3n) is 2.69. The van der Waals surface area contributed by atoms with Gasteiger partial charge in [0.25, 0.3) is 5.91 Å². The maximum absolute atomic E-state index is 11.9. The molecular formula is C12H14N4O2. The average Bonchev–Trinajstić information content (AvgIpc) is 2.78. The molecule has 0 bridgehead atoms. The Bertz CT molecular complexity index is 627. The fraction of sp³-hybridized carbons (Fsp3) is 0.250. The van der Waals surface area contributed by atoms with E-state index in [4.69, 9.17) is 0 Å². The lowest BCUT2D eigenvalue weighted by atomic mass is 10.1. The molecular weight excluding hydrogens is 232 g/mol. The van der Waals surface area contributed by atoms with Gasteiger partial charge in [-0.25, -0.2) is 9.89 Å². The molecule has 0 saturated carbocycles. The molecule has 0 spiro atoms. The number of nitrogens with zero attached hydrogens (tertiary/aromatic N) is 1. The Hall–Kier alpha value is -2.37. The number of H-pyrrole nitrogens is 2. The van der Waals surface area contributed by atoms with E-state index in [1.165, 1.54) is 0 Å². The summed E-state index contributed by atoms with van der Waals surface area (Å²) in [6, 6.07) is 5.82. The summed E-state index contributed by atoms with van der Waals surface area (Å²) in [6.45, 7) is 3.93. The number of hydrogen-bond donors (Lipinski definition) is 3. The summed E-state index contributed by atoms with van der Waals surface area (Å²) in [6.07, 6.45) is 0.814. The number of hydrogen-bond acceptors (Lipinski definition) is 3. The highest BCUT2D eigenvalue weighted by Gasteiger charge is 2.13. The summed E-state index contributed by atoms with van der Waals surface area (Å²) in [5, 5.41) is 8.52. The topological polar surface area (TPSA) is 90.6 Å². The first-order valence-corrected chi connectivity index (χ1v) is 5.66. The molecule has 1 amide bonds. The number of aromatic nitrogens is 3. The molecule has 0 aliphatic carbocycles. The Morgan fingerprint density at radius 2 is 2.22 bits per heavy atom. The molecule has 1 heterocycles. The molecule has 18 heavy (non-hydrogen) atoms. The van der Waals surface area contributed by atoms with Gasteiger partial charge in [0.15, 0.2) is 0 Å². The normalized spacial score (nSPS) is 10.3. The van der Waals surface area contributed by atoms with E-state index >= 15 is 0 Å². The van der Waals surface area contributed by atoms with E-state index in [0.29, 0.717) is 0 Å². The molecule has 0 fully saturated rings. The van der Waals surface area contributed by atoms with Crippen molar-refractivity contribution in [3.05, 3.63) is 45.6 Å². The highest BCUT2D eigenvalue weighted by Crippen LogP contribution is 2.21. The van der Waals surface area contributed by atoms with E-state index in [2.05, 4.69) is 20.5 Å². The zero-order valence-electron chi connectivity index (χ0n) is 10.2. The summed E-state index contributed by atoms with van der Waals surface area (Å²) >= 11 is 0. The van der Waals surface area contributed by atoms with Crippen LogP contribution >= 0.6 is 0 Å². The molecule has 0 aliphatic rings. The maximum Gasteiger partial charge on any atom is 0.341 e. The molecule has 6 heteroatoms. The molecule has 0 atom stereocenters. The highest BCUT2D eigenvalue weighted by atomic mass is 16.2. The minimum atomic E-state index is -0.499. The van der Waals surface area contributed by atoms with Crippen LogP contribution in [0.15, 0.2) is 23.0 Å². The lowest BCUT2D eigenvalue weighted by molar-refractivity contribution is 0.101. The lowest BCUT2D eigenvalue weighted by Gasteiger charge is -2.11. The number of amides is 1. The van der Waals surface area contributed by atoms with Crippen LogP contribution in [0.4, 0.5) is 5.69 Å². The first-order chi connectivity index (χ1) is 8.61. The molecule has 0 aliphatic heterocycles. The molecule has 0 saturated heterocycles. The number of aromatic amines is 2. The van der Waals surface area contributed by atoms with Gasteiger partial charge in [-0.05, 0) is 24.5 Å². The van der Waals surface area contributed by atoms with Crippen molar-refractivity contribution in [2.24, 2.45) is 0 Å². The zero-order valence-corrected chi connectivity index (χ0v) is 10.2. The first-order valence-electron chi connectivity index (χ1n) is 5.66. The van der Waals surface area contributed by atoms with Crippen LogP contribution in [0.3, 0.4) is 0 Å². The van der Waals surface area contributed by atoms with Gasteiger partial charge in [0, 0.05) is 5.69 Å². The Labute approximate surface area is 103 Å². The maximum atomic E-state index is 11.9. The van der Waals surface area contributed by atoms with Gasteiger partial charge < -0.3 is 5.32 Å². The third-order valence-corrected chi connectivity index (χ3v) is 2.69. The quantitative estimate of drug-likeness (QED) is 0.760. The molecule has 3 N–H and O–H groups in total. The smallest absolute Gasteiger partial charge is 0.319 e. The summed E-state index contributed by atoms with van der Waals surface area (Å²) in [5.41, 5.74) is 2.29. The second kappa shape index (κ2) is 4.87. The highest BCUT2D eigenvalue weighted by molar-refractivity contribution is 6.02. The SMILES string of the molecule is CCc1cccc(C)c1NC(=O)c1n[nH]c(=O)[nH]1. The van der Waals surface area contributed by atoms with Gasteiger partial charge in [0.2, 0.25) is 5.82 Å². The minimum absolute atomic E-state index is 0.0229. The predicted molar refractivity (Wildman–Crippen MR) is 67.7 cm³/mol. The van der Waals surface area contributed by atoms with E-state index in [9.17, 15) is 9.59 Å². The van der Waals surface area contributed by atoms with E-state index in [0.717, 1.165) is 23.2 Å². The van der Waals surface area contributed by atoms with Crippen molar-refractivity contribution < 1.29 is 4.79 Å². The van der Waals surface area contributed by atoms with Gasteiger partial charge in [-0.3, -0.25) is 9.78 Å². The predicted octanol–water partition coefficient (Wildman–Crippen LogP) is 1.22. The van der Waals surface area contributed by atoms with Crippen molar-refractivity contribution >= 4 is 11.6 Å². The van der Waals surface area contributed by atoms with Crippen LogP contribution in [-0.4, -0.2) is 21.1 Å². The van der Waals surface area contributed by atoms with Crippen LogP contribution in [0.5, 0.6) is 0 Å². The van der Waals surface area contributed by atoms with Crippen molar-refractivity contribution in [2.45, 2.75) is 20.3 Å². The molecule has 2 aromatic rings. The number of aryl methyl sites for hydroxylation is 2. The summed E-state index contributed by atoms with van der Waals surface area (Å²) in [4.78, 5) is 25.1. The van der Waals surface area contributed by atoms with Crippen LogP contribution in [0, 0.1) is 6.92 Å². The molecule has 2 rings (SSSR count). The minimum Gasteiger partial charge on any atom is -0.319 e. The Morgan fingerprint density at radius 3 is 2.83 bits per heavy atom. The summed E-state index contributed by atoms with van der Waals surface area (Å²) in [7, 11) is 0. The van der Waals surface area contributed by atoms with Crippen molar-refractivity contribution in [3.8, 4) is 0 Å². The fourth-order valence-electron chi connectivity index (χ4n) is 1.75. The van der Waals surface area contributed by atoms with Gasteiger partial charge in [0.1, 0.15) is 0 Å². The monoisotopic (exact) mass is 246 g/mol. The van der Waals surface area contributed by atoms with Crippen LogP contribution in [0.2, 0.25) is 0 Å². The Morgan fingerprint density at radius 1 is 1.44 bits per heavy atom. The lowest BCUT2D eigenvalue weighted by Crippen LogP contribution is -2.16. The number of carbonyl (C=O) groups is 1. The molecule has 1 aromatic heterocycles. The van der Waals surface area contributed by atoms with Crippen molar-refractivity contribution in [2.75, 3.05) is 5.32 Å². The molecule has 0 radical (unpaired) electrons. The second-order valence-corrected chi connectivity index (χ2v) is 3.94.